The van der Waals surface area contributed by atoms with Crippen LogP contribution in [0.1, 0.15) is 27.2 Å². The maximum absolute atomic E-state index is 12.6. The molecule has 156 valence electrons. The number of H-pyrrole nitrogens is 1. The summed E-state index contributed by atoms with van der Waals surface area (Å²) in [5, 5.41) is 15.8. The maximum atomic E-state index is 12.6. The van der Waals surface area contributed by atoms with Crippen LogP contribution >= 0.6 is 0 Å². The fourth-order valence-corrected chi connectivity index (χ4v) is 3.89. The van der Waals surface area contributed by atoms with Crippen molar-refractivity contribution < 1.29 is 4.79 Å². The van der Waals surface area contributed by atoms with Gasteiger partial charge in [0, 0.05) is 11.1 Å². The zero-order valence-electron chi connectivity index (χ0n) is 17.9. The van der Waals surface area contributed by atoms with Crippen LogP contribution in [0.3, 0.4) is 0 Å². The molecule has 5 heteroatoms. The molecule has 0 radical (unpaired) electrons. The SMILES string of the molecule is Cc1ccc(-c2cc(C(=O)NN=Cc3c4ccccc4cc4ccccc34)[nH]n2)cc1C. The highest BCUT2D eigenvalue weighted by molar-refractivity contribution is 6.13. The first kappa shape index (κ1) is 19.7. The van der Waals surface area contributed by atoms with E-state index >= 15 is 0 Å². The van der Waals surface area contributed by atoms with Crippen LogP contribution in [0.5, 0.6) is 0 Å². The molecule has 5 nitrogen and oxygen atoms in total. The highest BCUT2D eigenvalue weighted by Gasteiger charge is 2.11. The molecule has 0 aliphatic rings. The quantitative estimate of drug-likeness (QED) is 0.221. The van der Waals surface area contributed by atoms with E-state index in [0.29, 0.717) is 5.69 Å². The molecule has 0 atom stereocenters. The lowest BCUT2D eigenvalue weighted by atomic mass is 9.97. The largest absolute Gasteiger partial charge is 0.289 e. The van der Waals surface area contributed by atoms with E-state index in [1.165, 1.54) is 11.1 Å². The molecule has 5 rings (SSSR count). The monoisotopic (exact) mass is 418 g/mol. The maximum Gasteiger partial charge on any atom is 0.289 e. The predicted molar refractivity (Wildman–Crippen MR) is 130 cm³/mol. The first-order valence-corrected chi connectivity index (χ1v) is 10.5. The number of hydrazone groups is 1. The molecule has 4 aromatic carbocycles. The van der Waals surface area contributed by atoms with Crippen LogP contribution in [0.15, 0.2) is 84.0 Å². The number of aromatic amines is 1. The van der Waals surface area contributed by atoms with Crippen molar-refractivity contribution in [1.82, 2.24) is 15.6 Å². The van der Waals surface area contributed by atoms with E-state index in [9.17, 15) is 4.79 Å². The van der Waals surface area contributed by atoms with Crippen molar-refractivity contribution in [2.45, 2.75) is 13.8 Å². The Kier molecular flexibility index (Phi) is 5.00. The van der Waals surface area contributed by atoms with Crippen LogP contribution < -0.4 is 5.43 Å². The Morgan fingerprint density at radius 3 is 2.25 bits per heavy atom. The molecule has 0 bridgehead atoms. The molecule has 0 aliphatic heterocycles. The number of nitrogens with one attached hydrogen (secondary N) is 2. The second-order valence-corrected chi connectivity index (χ2v) is 7.90. The van der Waals surface area contributed by atoms with Crippen LogP contribution in [0.4, 0.5) is 0 Å². The minimum Gasteiger partial charge on any atom is -0.272 e. The van der Waals surface area contributed by atoms with Gasteiger partial charge in [-0.2, -0.15) is 10.2 Å². The zero-order valence-corrected chi connectivity index (χ0v) is 17.9. The molecule has 1 amide bonds. The number of aryl methyl sites for hydroxylation is 2. The van der Waals surface area contributed by atoms with Gasteiger partial charge in [-0.15, -0.1) is 0 Å². The van der Waals surface area contributed by atoms with Gasteiger partial charge in [0.15, 0.2) is 0 Å². The average molecular weight is 419 g/mol. The summed E-state index contributed by atoms with van der Waals surface area (Å²) >= 11 is 0. The van der Waals surface area contributed by atoms with Gasteiger partial charge in [0.05, 0.1) is 11.9 Å². The fraction of sp³-hybridized carbons (Fsp3) is 0.0741. The van der Waals surface area contributed by atoms with E-state index in [4.69, 9.17) is 0 Å². The highest BCUT2D eigenvalue weighted by Crippen LogP contribution is 2.27. The van der Waals surface area contributed by atoms with Gasteiger partial charge in [-0.05, 0) is 64.7 Å². The molecule has 5 aromatic rings. The summed E-state index contributed by atoms with van der Waals surface area (Å²) < 4.78 is 0. The molecule has 0 aliphatic carbocycles. The zero-order chi connectivity index (χ0) is 22.1. The molecule has 0 fully saturated rings. The number of hydrogen-bond donors (Lipinski definition) is 2. The van der Waals surface area contributed by atoms with Gasteiger partial charge in [0.1, 0.15) is 5.69 Å². The summed E-state index contributed by atoms with van der Waals surface area (Å²) in [6.07, 6.45) is 1.71. The van der Waals surface area contributed by atoms with Crippen molar-refractivity contribution >= 4 is 33.7 Å². The van der Waals surface area contributed by atoms with Gasteiger partial charge in [-0.25, -0.2) is 5.43 Å². The number of amides is 1. The summed E-state index contributed by atoms with van der Waals surface area (Å²) in [7, 11) is 0. The first-order chi connectivity index (χ1) is 15.6. The molecule has 0 saturated carbocycles. The van der Waals surface area contributed by atoms with Gasteiger partial charge in [0.2, 0.25) is 0 Å². The fourth-order valence-electron chi connectivity index (χ4n) is 3.89. The second kappa shape index (κ2) is 8.12. The number of carbonyl (C=O) groups excluding carboxylic acids is 1. The normalized spacial score (nSPS) is 11.4. The van der Waals surface area contributed by atoms with Crippen LogP contribution in [0.25, 0.3) is 32.8 Å². The van der Waals surface area contributed by atoms with Gasteiger partial charge < -0.3 is 0 Å². The molecule has 0 unspecified atom stereocenters. The third kappa shape index (κ3) is 3.65. The minimum absolute atomic E-state index is 0.339. The van der Waals surface area contributed by atoms with Crippen molar-refractivity contribution in [3.8, 4) is 11.3 Å². The van der Waals surface area contributed by atoms with Crippen LogP contribution in [-0.4, -0.2) is 22.3 Å². The Labute approximate surface area is 185 Å². The smallest absolute Gasteiger partial charge is 0.272 e. The van der Waals surface area contributed by atoms with Gasteiger partial charge in [-0.1, -0.05) is 60.7 Å². The summed E-state index contributed by atoms with van der Waals surface area (Å²) in [6, 6.07) is 26.4. The van der Waals surface area contributed by atoms with E-state index in [0.717, 1.165) is 38.4 Å². The molecular weight excluding hydrogens is 396 g/mol. The van der Waals surface area contributed by atoms with E-state index in [1.54, 1.807) is 12.3 Å². The third-order valence-electron chi connectivity index (χ3n) is 5.80. The third-order valence-corrected chi connectivity index (χ3v) is 5.80. The van der Waals surface area contributed by atoms with Crippen molar-refractivity contribution in [2.24, 2.45) is 5.10 Å². The lowest BCUT2D eigenvalue weighted by Crippen LogP contribution is -2.18. The predicted octanol–water partition coefficient (Wildman–Crippen LogP) is 5.76. The van der Waals surface area contributed by atoms with Crippen LogP contribution in [-0.2, 0) is 0 Å². The van der Waals surface area contributed by atoms with Gasteiger partial charge >= 0.3 is 0 Å². The molecule has 32 heavy (non-hydrogen) atoms. The number of hydrogen-bond acceptors (Lipinski definition) is 3. The molecule has 1 heterocycles. The van der Waals surface area contributed by atoms with Gasteiger partial charge in [0.25, 0.3) is 5.91 Å². The van der Waals surface area contributed by atoms with Gasteiger partial charge in [-0.3, -0.25) is 9.89 Å². The number of carbonyl (C=O) groups is 1. The number of rotatable bonds is 4. The minimum atomic E-state index is -0.339. The van der Waals surface area contributed by atoms with Crippen LogP contribution in [0, 0.1) is 13.8 Å². The Bertz CT molecular complexity index is 1440. The Balaban J connectivity index is 1.41. The number of benzene rings is 4. The number of nitrogens with zero attached hydrogens (tertiary/aromatic N) is 2. The highest BCUT2D eigenvalue weighted by atomic mass is 16.2. The molecular formula is C27H22N4O. The van der Waals surface area contributed by atoms with E-state index in [2.05, 4.69) is 77.0 Å². The lowest BCUT2D eigenvalue weighted by molar-refractivity contribution is 0.0950. The Morgan fingerprint density at radius 1 is 0.875 bits per heavy atom. The first-order valence-electron chi connectivity index (χ1n) is 10.5. The van der Waals surface area contributed by atoms with Crippen LogP contribution in [0.2, 0.25) is 0 Å². The second-order valence-electron chi connectivity index (χ2n) is 7.90. The number of aromatic nitrogens is 2. The Hall–Kier alpha value is -4.25. The number of fused-ring (bicyclic) bond motifs is 2. The summed E-state index contributed by atoms with van der Waals surface area (Å²) in [5.41, 5.74) is 8.05. The molecule has 1 aromatic heterocycles. The molecule has 2 N–H and O–H groups in total. The van der Waals surface area contributed by atoms with Crippen molar-refractivity contribution in [2.75, 3.05) is 0 Å². The summed E-state index contributed by atoms with van der Waals surface area (Å²) in [4.78, 5) is 12.6. The average Bonchev–Trinajstić information content (AvgIpc) is 3.31. The van der Waals surface area contributed by atoms with Crippen molar-refractivity contribution in [1.29, 1.82) is 0 Å². The summed E-state index contributed by atoms with van der Waals surface area (Å²) in [6.45, 7) is 4.13. The molecule has 0 saturated heterocycles. The molecule has 0 spiro atoms. The summed E-state index contributed by atoms with van der Waals surface area (Å²) in [5.74, 6) is -0.339. The standard InChI is InChI=1S/C27H22N4O/c1-17-11-12-21(13-18(17)2)25-15-26(30-29-25)27(32)31-28-16-24-22-9-5-3-7-19(22)14-20-8-4-6-10-23(20)24/h3-16H,1-2H3,(H,29,30)(H,31,32). The van der Waals surface area contributed by atoms with E-state index in [-0.39, 0.29) is 5.91 Å². The van der Waals surface area contributed by atoms with E-state index < -0.39 is 0 Å². The van der Waals surface area contributed by atoms with Crippen molar-refractivity contribution in [3.63, 3.8) is 0 Å². The van der Waals surface area contributed by atoms with E-state index in [1.807, 2.05) is 30.3 Å². The lowest BCUT2D eigenvalue weighted by Gasteiger charge is -2.07. The van der Waals surface area contributed by atoms with Crippen molar-refractivity contribution in [3.05, 3.63) is 101 Å². The Morgan fingerprint density at radius 2 is 1.56 bits per heavy atom. The topological polar surface area (TPSA) is 70.1 Å².